The van der Waals surface area contributed by atoms with E-state index in [4.69, 9.17) is 4.74 Å². The number of thioether (sulfide) groups is 1. The highest BCUT2D eigenvalue weighted by molar-refractivity contribution is 8.00. The first-order chi connectivity index (χ1) is 14.9. The number of rotatable bonds is 10. The van der Waals surface area contributed by atoms with E-state index >= 15 is 0 Å². The van der Waals surface area contributed by atoms with E-state index in [1.54, 1.807) is 27.7 Å². The zero-order valence-electron chi connectivity index (χ0n) is 19.2. The molecule has 32 heavy (non-hydrogen) atoms. The van der Waals surface area contributed by atoms with Crippen molar-refractivity contribution in [3.63, 3.8) is 0 Å². The maximum Gasteiger partial charge on any atom is 0.341 e. The summed E-state index contributed by atoms with van der Waals surface area (Å²) in [7, 11) is 0. The van der Waals surface area contributed by atoms with Crippen LogP contribution in [0.15, 0.2) is 23.4 Å². The fourth-order valence-electron chi connectivity index (χ4n) is 2.26. The van der Waals surface area contributed by atoms with Gasteiger partial charge in [-0.15, -0.1) is 0 Å². The zero-order valence-corrected chi connectivity index (χ0v) is 20.0. The summed E-state index contributed by atoms with van der Waals surface area (Å²) < 4.78 is 5.08. The summed E-state index contributed by atoms with van der Waals surface area (Å²) in [5.74, 6) is -2.04. The van der Waals surface area contributed by atoms with Gasteiger partial charge in [-0.25, -0.2) is 9.78 Å². The first-order valence-electron chi connectivity index (χ1n) is 10.1. The fraction of sp³-hybridized carbons (Fsp3) is 0.545. The van der Waals surface area contributed by atoms with Crippen LogP contribution in [0.3, 0.4) is 0 Å². The Kier molecular flexibility index (Phi) is 9.67. The number of nitrogens with one attached hydrogen (secondary N) is 2. The van der Waals surface area contributed by atoms with Crippen LogP contribution >= 0.6 is 11.8 Å². The quantitative estimate of drug-likeness (QED) is 0.401. The molecule has 0 saturated carbocycles. The molecule has 10 heteroatoms. The first-order valence-corrected chi connectivity index (χ1v) is 11.1. The highest BCUT2D eigenvalue weighted by Gasteiger charge is 2.31. The molecule has 0 aliphatic carbocycles. The average Bonchev–Trinajstić information content (AvgIpc) is 2.75. The maximum absolute atomic E-state index is 12.5. The van der Waals surface area contributed by atoms with E-state index < -0.39 is 29.6 Å². The lowest BCUT2D eigenvalue weighted by molar-refractivity contribution is -0.126. The highest BCUT2D eigenvalue weighted by Crippen LogP contribution is 2.22. The van der Waals surface area contributed by atoms with Gasteiger partial charge < -0.3 is 15.4 Å². The Bertz CT molecular complexity index is 937. The van der Waals surface area contributed by atoms with Crippen molar-refractivity contribution in [2.24, 2.45) is 11.8 Å². The molecule has 2 unspecified atom stereocenters. The SMILES string of the molecule is CC(C)C(C)(C#N)NC(=O)COC(=O)c1cccnc1SCC(=O)NC(C)(C#N)C(C)C. The standard InChI is InChI=1S/C22H29N5O4S/c1-14(2)21(5,12-23)26-17(28)10-31-20(30)16-8-7-9-25-19(16)32-11-18(29)27-22(6,13-24)15(3)4/h7-9,14-15H,10-11H2,1-6H3,(H,26,28)(H,27,29). The van der Waals surface area contributed by atoms with Crippen molar-refractivity contribution in [3.8, 4) is 12.1 Å². The third-order valence-electron chi connectivity index (χ3n) is 5.24. The number of aromatic nitrogens is 1. The zero-order chi connectivity index (χ0) is 24.5. The molecule has 0 fully saturated rings. The minimum atomic E-state index is -1.08. The van der Waals surface area contributed by atoms with Gasteiger partial charge in [-0.1, -0.05) is 39.5 Å². The van der Waals surface area contributed by atoms with E-state index in [1.807, 2.05) is 19.9 Å². The summed E-state index contributed by atoms with van der Waals surface area (Å²) >= 11 is 1.02. The highest BCUT2D eigenvalue weighted by atomic mass is 32.2. The molecule has 0 radical (unpaired) electrons. The molecule has 2 atom stereocenters. The van der Waals surface area contributed by atoms with Crippen LogP contribution < -0.4 is 10.6 Å². The van der Waals surface area contributed by atoms with Gasteiger partial charge in [0, 0.05) is 6.20 Å². The molecular formula is C22H29N5O4S. The van der Waals surface area contributed by atoms with Crippen LogP contribution in [0.25, 0.3) is 0 Å². The number of amides is 2. The third kappa shape index (κ3) is 7.24. The van der Waals surface area contributed by atoms with E-state index in [0.29, 0.717) is 0 Å². The molecule has 0 saturated heterocycles. The van der Waals surface area contributed by atoms with Crippen LogP contribution in [0.1, 0.15) is 51.9 Å². The molecule has 0 aliphatic heterocycles. The van der Waals surface area contributed by atoms with Gasteiger partial charge in [0.25, 0.3) is 5.91 Å². The lowest BCUT2D eigenvalue weighted by Crippen LogP contribution is -2.50. The summed E-state index contributed by atoms with van der Waals surface area (Å²) in [6.07, 6.45) is 1.47. The predicted octanol–water partition coefficient (Wildman–Crippen LogP) is 2.44. The van der Waals surface area contributed by atoms with Gasteiger partial charge in [0.1, 0.15) is 16.1 Å². The second-order valence-corrected chi connectivity index (χ2v) is 9.22. The molecule has 0 bridgehead atoms. The van der Waals surface area contributed by atoms with Gasteiger partial charge in [0.2, 0.25) is 5.91 Å². The van der Waals surface area contributed by atoms with Crippen molar-refractivity contribution in [2.75, 3.05) is 12.4 Å². The number of carbonyl (C=O) groups is 3. The Balaban J connectivity index is 2.76. The van der Waals surface area contributed by atoms with Crippen molar-refractivity contribution in [1.82, 2.24) is 15.6 Å². The van der Waals surface area contributed by atoms with Gasteiger partial charge in [-0.05, 0) is 37.8 Å². The summed E-state index contributed by atoms with van der Waals surface area (Å²) in [5.41, 5.74) is -1.98. The van der Waals surface area contributed by atoms with Crippen molar-refractivity contribution in [1.29, 1.82) is 10.5 Å². The second kappa shape index (κ2) is 11.5. The number of pyridine rings is 1. The smallest absolute Gasteiger partial charge is 0.341 e. The minimum Gasteiger partial charge on any atom is -0.452 e. The average molecular weight is 460 g/mol. The molecule has 0 aromatic carbocycles. The molecule has 0 spiro atoms. The lowest BCUT2D eigenvalue weighted by Gasteiger charge is -2.27. The van der Waals surface area contributed by atoms with E-state index in [-0.39, 0.29) is 34.1 Å². The molecule has 1 aromatic heterocycles. The van der Waals surface area contributed by atoms with Gasteiger partial charge in [-0.3, -0.25) is 9.59 Å². The Morgan fingerprint density at radius 1 is 1.06 bits per heavy atom. The van der Waals surface area contributed by atoms with Crippen LogP contribution in [0.5, 0.6) is 0 Å². The second-order valence-electron chi connectivity index (χ2n) is 8.25. The molecule has 2 N–H and O–H groups in total. The Labute approximate surface area is 192 Å². The molecule has 172 valence electrons. The fourth-order valence-corrected chi connectivity index (χ4v) is 3.04. The molecule has 1 heterocycles. The number of hydrogen-bond acceptors (Lipinski definition) is 8. The van der Waals surface area contributed by atoms with Crippen LogP contribution in [0.2, 0.25) is 0 Å². The number of esters is 1. The monoisotopic (exact) mass is 459 g/mol. The first kappa shape index (κ1) is 26.9. The van der Waals surface area contributed by atoms with E-state index in [1.165, 1.54) is 18.3 Å². The van der Waals surface area contributed by atoms with Crippen molar-refractivity contribution in [3.05, 3.63) is 23.9 Å². The van der Waals surface area contributed by atoms with Gasteiger partial charge >= 0.3 is 5.97 Å². The van der Waals surface area contributed by atoms with Gasteiger partial charge in [-0.2, -0.15) is 10.5 Å². The Morgan fingerprint density at radius 3 is 2.09 bits per heavy atom. The van der Waals surface area contributed by atoms with E-state index in [9.17, 15) is 24.9 Å². The molecule has 9 nitrogen and oxygen atoms in total. The van der Waals surface area contributed by atoms with Crippen LogP contribution in [-0.2, 0) is 14.3 Å². The minimum absolute atomic E-state index is 0.0588. The van der Waals surface area contributed by atoms with Crippen molar-refractivity contribution >= 4 is 29.5 Å². The molecule has 2 amide bonds. The number of carbonyl (C=O) groups excluding carboxylic acids is 3. The molecule has 1 rings (SSSR count). The molecule has 0 aliphatic rings. The van der Waals surface area contributed by atoms with Gasteiger partial charge in [0.05, 0.1) is 23.5 Å². The van der Waals surface area contributed by atoms with Crippen molar-refractivity contribution < 1.29 is 19.1 Å². The van der Waals surface area contributed by atoms with Crippen LogP contribution in [0.4, 0.5) is 0 Å². The van der Waals surface area contributed by atoms with E-state index in [2.05, 4.69) is 21.7 Å². The summed E-state index contributed by atoms with van der Waals surface area (Å²) in [4.78, 5) is 41.0. The predicted molar refractivity (Wildman–Crippen MR) is 119 cm³/mol. The lowest BCUT2D eigenvalue weighted by atomic mass is 9.90. The van der Waals surface area contributed by atoms with Crippen LogP contribution in [0, 0.1) is 34.5 Å². The summed E-state index contributed by atoms with van der Waals surface area (Å²) in [5, 5.41) is 24.1. The number of ether oxygens (including phenoxy) is 1. The normalized spacial score (nSPS) is 14.4. The number of nitriles is 2. The molecule has 1 aromatic rings. The summed E-state index contributed by atoms with van der Waals surface area (Å²) in [6, 6.07) is 7.17. The topological polar surface area (TPSA) is 145 Å². The molecular weight excluding hydrogens is 430 g/mol. The number of hydrogen-bond donors (Lipinski definition) is 2. The maximum atomic E-state index is 12.5. The van der Waals surface area contributed by atoms with Crippen LogP contribution in [-0.4, -0.2) is 46.2 Å². The van der Waals surface area contributed by atoms with E-state index in [0.717, 1.165) is 11.8 Å². The Hall–Kier alpha value is -3.11. The number of nitrogens with zero attached hydrogens (tertiary/aromatic N) is 3. The largest absolute Gasteiger partial charge is 0.452 e. The van der Waals surface area contributed by atoms with Gasteiger partial charge in [0.15, 0.2) is 6.61 Å². The summed E-state index contributed by atoms with van der Waals surface area (Å²) in [6.45, 7) is 9.94. The van der Waals surface area contributed by atoms with Crippen molar-refractivity contribution in [2.45, 2.75) is 57.6 Å². The Morgan fingerprint density at radius 2 is 1.59 bits per heavy atom. The third-order valence-corrected chi connectivity index (χ3v) is 6.24.